The number of carbonyl (C=O) groups excluding carboxylic acids is 2. The maximum Gasteiger partial charge on any atom is 0.255 e. The van der Waals surface area contributed by atoms with Crippen LogP contribution in [0.4, 0.5) is 0 Å². The Balaban J connectivity index is 1.70. The number of nitrogens with zero attached hydrogens (tertiary/aromatic N) is 1. The fraction of sp³-hybridized carbons (Fsp3) is 0.333. The molecule has 0 saturated carbocycles. The molecule has 2 amide bonds. The normalized spacial score (nSPS) is 15.2. The van der Waals surface area contributed by atoms with Crippen molar-refractivity contribution in [2.75, 3.05) is 13.2 Å². The number of nitrogens with one attached hydrogen (secondary N) is 1. The van der Waals surface area contributed by atoms with Crippen molar-refractivity contribution in [3.63, 3.8) is 0 Å². The summed E-state index contributed by atoms with van der Waals surface area (Å²) < 4.78 is 5.48. The van der Waals surface area contributed by atoms with E-state index in [0.717, 1.165) is 11.1 Å². The molecule has 0 bridgehead atoms. The summed E-state index contributed by atoms with van der Waals surface area (Å²) in [6.07, 6.45) is 0. The Morgan fingerprint density at radius 1 is 1.26 bits per heavy atom. The Hall–Kier alpha value is -2.86. The number of amides is 2. The number of hydrogen-bond donors (Lipinski definition) is 2. The molecule has 142 valence electrons. The van der Waals surface area contributed by atoms with Crippen LogP contribution in [0.15, 0.2) is 48.5 Å². The maximum absolute atomic E-state index is 12.7. The average Bonchev–Trinajstić information content (AvgIpc) is 3.02. The molecule has 0 aliphatic carbocycles. The summed E-state index contributed by atoms with van der Waals surface area (Å²) in [6.45, 7) is 4.29. The van der Waals surface area contributed by atoms with Crippen LogP contribution in [0.2, 0.25) is 0 Å². The summed E-state index contributed by atoms with van der Waals surface area (Å²) in [5, 5.41) is 12.6. The summed E-state index contributed by atoms with van der Waals surface area (Å²) in [5.41, 5.74) is 2.31. The first-order valence-corrected chi connectivity index (χ1v) is 9.08. The largest absolute Gasteiger partial charge is 0.494 e. The van der Waals surface area contributed by atoms with E-state index in [1.54, 1.807) is 24.0 Å². The third kappa shape index (κ3) is 3.95. The van der Waals surface area contributed by atoms with E-state index in [0.29, 0.717) is 24.5 Å². The molecule has 2 aromatic rings. The Bertz CT molecular complexity index is 836. The molecule has 3 rings (SSSR count). The van der Waals surface area contributed by atoms with E-state index < -0.39 is 12.1 Å². The van der Waals surface area contributed by atoms with Crippen molar-refractivity contribution in [2.24, 2.45) is 0 Å². The molecule has 6 heteroatoms. The van der Waals surface area contributed by atoms with Gasteiger partial charge in [-0.15, -0.1) is 0 Å². The van der Waals surface area contributed by atoms with Crippen LogP contribution in [0.5, 0.6) is 5.75 Å². The van der Waals surface area contributed by atoms with Crippen molar-refractivity contribution in [3.8, 4) is 5.75 Å². The minimum atomic E-state index is -0.644. The number of carbonyl (C=O) groups is 2. The molecule has 2 N–H and O–H groups in total. The lowest BCUT2D eigenvalue weighted by Crippen LogP contribution is -2.46. The van der Waals surface area contributed by atoms with Crippen LogP contribution in [0.3, 0.4) is 0 Å². The van der Waals surface area contributed by atoms with E-state index in [2.05, 4.69) is 5.32 Å². The van der Waals surface area contributed by atoms with Crippen LogP contribution in [-0.2, 0) is 11.3 Å². The van der Waals surface area contributed by atoms with Gasteiger partial charge in [-0.25, -0.2) is 0 Å². The van der Waals surface area contributed by atoms with Crippen LogP contribution < -0.4 is 10.1 Å². The third-order valence-electron chi connectivity index (χ3n) is 4.77. The number of fused-ring (bicyclic) bond motifs is 1. The van der Waals surface area contributed by atoms with E-state index in [4.69, 9.17) is 4.74 Å². The Morgan fingerprint density at radius 3 is 2.74 bits per heavy atom. The molecular weight excluding hydrogens is 344 g/mol. The van der Waals surface area contributed by atoms with Gasteiger partial charge >= 0.3 is 0 Å². The second-order valence-electron chi connectivity index (χ2n) is 6.52. The van der Waals surface area contributed by atoms with Gasteiger partial charge in [0, 0.05) is 12.1 Å². The molecule has 0 saturated heterocycles. The highest BCUT2D eigenvalue weighted by Crippen LogP contribution is 2.25. The van der Waals surface area contributed by atoms with Gasteiger partial charge in [0.05, 0.1) is 19.3 Å². The van der Waals surface area contributed by atoms with Crippen molar-refractivity contribution < 1.29 is 19.4 Å². The monoisotopic (exact) mass is 368 g/mol. The van der Waals surface area contributed by atoms with Gasteiger partial charge in [-0.3, -0.25) is 9.59 Å². The maximum atomic E-state index is 12.7. The number of aliphatic hydroxyl groups is 1. The Labute approximate surface area is 158 Å². The van der Waals surface area contributed by atoms with Gasteiger partial charge in [-0.05, 0) is 43.2 Å². The average molecular weight is 368 g/mol. The zero-order valence-electron chi connectivity index (χ0n) is 15.5. The first kappa shape index (κ1) is 18.9. The lowest BCUT2D eigenvalue weighted by Gasteiger charge is -2.26. The summed E-state index contributed by atoms with van der Waals surface area (Å²) in [4.78, 5) is 26.8. The molecule has 1 aliphatic heterocycles. The van der Waals surface area contributed by atoms with Crippen LogP contribution in [0, 0.1) is 0 Å². The van der Waals surface area contributed by atoms with Gasteiger partial charge in [-0.2, -0.15) is 0 Å². The van der Waals surface area contributed by atoms with Gasteiger partial charge in [-0.1, -0.05) is 30.3 Å². The predicted molar refractivity (Wildman–Crippen MR) is 101 cm³/mol. The molecule has 1 unspecified atom stereocenters. The standard InChI is InChI=1S/C21H24N2O4/c1-3-27-17-9-6-8-15(11-17)19(13-24)22-20(25)14(2)23-12-16-7-4-5-10-18(16)21(23)26/h4-11,14,19,24H,3,12-13H2,1-2H3,(H,22,25)/t14?,19-/m1/s1. The number of rotatable bonds is 7. The predicted octanol–water partition coefficient (Wildman–Crippen LogP) is 2.28. The van der Waals surface area contributed by atoms with Crippen molar-refractivity contribution in [1.29, 1.82) is 0 Å². The van der Waals surface area contributed by atoms with Crippen molar-refractivity contribution in [2.45, 2.75) is 32.5 Å². The van der Waals surface area contributed by atoms with E-state index in [-0.39, 0.29) is 18.4 Å². The molecular formula is C21H24N2O4. The molecule has 6 nitrogen and oxygen atoms in total. The van der Waals surface area contributed by atoms with E-state index >= 15 is 0 Å². The fourth-order valence-electron chi connectivity index (χ4n) is 3.25. The summed E-state index contributed by atoms with van der Waals surface area (Å²) >= 11 is 0. The van der Waals surface area contributed by atoms with Crippen LogP contribution in [-0.4, -0.2) is 41.1 Å². The summed E-state index contributed by atoms with van der Waals surface area (Å²) in [6, 6.07) is 13.4. The van der Waals surface area contributed by atoms with Gasteiger partial charge < -0.3 is 20.1 Å². The van der Waals surface area contributed by atoms with Crippen LogP contribution in [0.1, 0.15) is 41.4 Å². The van der Waals surface area contributed by atoms with E-state index in [1.165, 1.54) is 0 Å². The molecule has 0 fully saturated rings. The fourth-order valence-corrected chi connectivity index (χ4v) is 3.25. The lowest BCUT2D eigenvalue weighted by molar-refractivity contribution is -0.126. The lowest BCUT2D eigenvalue weighted by atomic mass is 10.1. The molecule has 27 heavy (non-hydrogen) atoms. The SMILES string of the molecule is CCOc1cccc([C@@H](CO)NC(=O)C(C)N2Cc3ccccc3C2=O)c1. The number of aliphatic hydroxyl groups excluding tert-OH is 1. The second kappa shape index (κ2) is 8.22. The topological polar surface area (TPSA) is 78.9 Å². The third-order valence-corrected chi connectivity index (χ3v) is 4.77. The number of ether oxygens (including phenoxy) is 1. The number of hydrogen-bond acceptors (Lipinski definition) is 4. The van der Waals surface area contributed by atoms with Crippen LogP contribution in [0.25, 0.3) is 0 Å². The minimum absolute atomic E-state index is 0.146. The zero-order valence-corrected chi connectivity index (χ0v) is 15.5. The molecule has 1 heterocycles. The molecule has 2 aromatic carbocycles. The van der Waals surface area contributed by atoms with Gasteiger partial charge in [0.25, 0.3) is 5.91 Å². The summed E-state index contributed by atoms with van der Waals surface area (Å²) in [7, 11) is 0. The van der Waals surface area contributed by atoms with Crippen molar-refractivity contribution >= 4 is 11.8 Å². The van der Waals surface area contributed by atoms with Gasteiger partial charge in [0.15, 0.2) is 0 Å². The minimum Gasteiger partial charge on any atom is -0.494 e. The Kier molecular flexibility index (Phi) is 5.76. The molecule has 2 atom stereocenters. The van der Waals surface area contributed by atoms with Gasteiger partial charge in [0.1, 0.15) is 11.8 Å². The summed E-state index contributed by atoms with van der Waals surface area (Å²) in [5.74, 6) is 0.227. The first-order valence-electron chi connectivity index (χ1n) is 9.08. The zero-order chi connectivity index (χ0) is 19.4. The van der Waals surface area contributed by atoms with Crippen LogP contribution >= 0.6 is 0 Å². The number of benzene rings is 2. The first-order chi connectivity index (χ1) is 13.0. The molecule has 0 spiro atoms. The highest BCUT2D eigenvalue weighted by atomic mass is 16.5. The highest BCUT2D eigenvalue weighted by Gasteiger charge is 2.34. The van der Waals surface area contributed by atoms with Gasteiger partial charge in [0.2, 0.25) is 5.91 Å². The van der Waals surface area contributed by atoms with E-state index in [1.807, 2.05) is 43.3 Å². The van der Waals surface area contributed by atoms with Crippen molar-refractivity contribution in [3.05, 3.63) is 65.2 Å². The highest BCUT2D eigenvalue weighted by molar-refractivity contribution is 6.01. The van der Waals surface area contributed by atoms with E-state index in [9.17, 15) is 14.7 Å². The van der Waals surface area contributed by atoms with Crippen molar-refractivity contribution in [1.82, 2.24) is 10.2 Å². The quantitative estimate of drug-likeness (QED) is 0.786. The Morgan fingerprint density at radius 2 is 2.04 bits per heavy atom. The molecule has 0 radical (unpaired) electrons. The molecule has 1 aliphatic rings. The second-order valence-corrected chi connectivity index (χ2v) is 6.52. The molecule has 0 aromatic heterocycles. The smallest absolute Gasteiger partial charge is 0.255 e.